The van der Waals surface area contributed by atoms with E-state index < -0.39 is 0 Å². The van der Waals surface area contributed by atoms with E-state index in [0.29, 0.717) is 13.2 Å². The molecule has 1 amide bonds. The van der Waals surface area contributed by atoms with Gasteiger partial charge in [0.05, 0.1) is 37.7 Å². The fourth-order valence-corrected chi connectivity index (χ4v) is 3.21. The van der Waals surface area contributed by atoms with Crippen LogP contribution in [0.5, 0.6) is 5.75 Å². The molecule has 1 heterocycles. The minimum Gasteiger partial charge on any atom is -0.494 e. The number of nitrogens with zero attached hydrogens (tertiary/aromatic N) is 2. The van der Waals surface area contributed by atoms with Gasteiger partial charge >= 0.3 is 0 Å². The number of anilines is 2. The SMILES string of the molecule is CN(CCCOc1ccccc1)CC(=O)Nc1ccccc1N1CCOCC1. The molecule has 1 aliphatic heterocycles. The van der Waals surface area contributed by atoms with Gasteiger partial charge in [-0.3, -0.25) is 9.69 Å². The smallest absolute Gasteiger partial charge is 0.238 e. The molecule has 1 N–H and O–H groups in total. The Morgan fingerprint density at radius 2 is 1.82 bits per heavy atom. The van der Waals surface area contributed by atoms with E-state index in [-0.39, 0.29) is 5.91 Å². The second kappa shape index (κ2) is 10.7. The molecule has 1 aliphatic rings. The Labute approximate surface area is 167 Å². The molecule has 0 saturated carbocycles. The molecule has 0 aromatic heterocycles. The molecule has 0 bridgehead atoms. The van der Waals surface area contributed by atoms with Crippen molar-refractivity contribution in [2.45, 2.75) is 6.42 Å². The Morgan fingerprint density at radius 1 is 1.11 bits per heavy atom. The van der Waals surface area contributed by atoms with Crippen molar-refractivity contribution in [2.24, 2.45) is 0 Å². The average Bonchev–Trinajstić information content (AvgIpc) is 2.73. The zero-order chi connectivity index (χ0) is 19.6. The van der Waals surface area contributed by atoms with Gasteiger partial charge in [-0.15, -0.1) is 0 Å². The van der Waals surface area contributed by atoms with E-state index in [1.54, 1.807) is 0 Å². The summed E-state index contributed by atoms with van der Waals surface area (Å²) in [5, 5.41) is 3.06. The summed E-state index contributed by atoms with van der Waals surface area (Å²) in [6, 6.07) is 17.7. The van der Waals surface area contributed by atoms with Gasteiger partial charge in [0.1, 0.15) is 5.75 Å². The Bertz CT molecular complexity index is 733. The number of likely N-dealkylation sites (N-methyl/N-ethyl adjacent to an activating group) is 1. The minimum atomic E-state index is -0.00723. The summed E-state index contributed by atoms with van der Waals surface area (Å²) in [5.41, 5.74) is 1.91. The van der Waals surface area contributed by atoms with Gasteiger partial charge in [0.25, 0.3) is 0 Å². The molecule has 150 valence electrons. The lowest BCUT2D eigenvalue weighted by molar-refractivity contribution is -0.117. The number of ether oxygens (including phenoxy) is 2. The van der Waals surface area contributed by atoms with Gasteiger partial charge in [0.2, 0.25) is 5.91 Å². The van der Waals surface area contributed by atoms with Crippen molar-refractivity contribution >= 4 is 17.3 Å². The van der Waals surface area contributed by atoms with Crippen LogP contribution in [0, 0.1) is 0 Å². The van der Waals surface area contributed by atoms with Crippen LogP contribution in [0.3, 0.4) is 0 Å². The molecule has 1 fully saturated rings. The lowest BCUT2D eigenvalue weighted by Crippen LogP contribution is -2.37. The predicted octanol–water partition coefficient (Wildman–Crippen LogP) is 2.86. The second-order valence-corrected chi connectivity index (χ2v) is 6.92. The van der Waals surface area contributed by atoms with Crippen LogP contribution < -0.4 is 15.0 Å². The van der Waals surface area contributed by atoms with Crippen molar-refractivity contribution in [1.82, 2.24) is 4.90 Å². The minimum absolute atomic E-state index is 0.00723. The normalized spacial score (nSPS) is 14.1. The summed E-state index contributed by atoms with van der Waals surface area (Å²) in [6.45, 7) is 4.90. The first-order valence-corrected chi connectivity index (χ1v) is 9.80. The van der Waals surface area contributed by atoms with Gasteiger partial charge in [0, 0.05) is 19.6 Å². The molecule has 0 aliphatic carbocycles. The van der Waals surface area contributed by atoms with Crippen LogP contribution in [-0.2, 0) is 9.53 Å². The molecule has 0 radical (unpaired) electrons. The van der Waals surface area contributed by atoms with E-state index in [1.165, 1.54) is 0 Å². The molecule has 3 rings (SSSR count). The van der Waals surface area contributed by atoms with E-state index in [9.17, 15) is 4.79 Å². The Hall–Kier alpha value is -2.57. The summed E-state index contributed by atoms with van der Waals surface area (Å²) < 4.78 is 11.1. The van der Waals surface area contributed by atoms with Crippen LogP contribution in [-0.4, -0.2) is 63.9 Å². The second-order valence-electron chi connectivity index (χ2n) is 6.92. The Kier molecular flexibility index (Phi) is 7.70. The molecule has 0 unspecified atom stereocenters. The van der Waals surface area contributed by atoms with Crippen LogP contribution in [0.1, 0.15) is 6.42 Å². The summed E-state index contributed by atoms with van der Waals surface area (Å²) in [6.07, 6.45) is 0.864. The maximum absolute atomic E-state index is 12.5. The quantitative estimate of drug-likeness (QED) is 0.675. The monoisotopic (exact) mass is 383 g/mol. The Balaban J connectivity index is 1.42. The first kappa shape index (κ1) is 20.2. The molecule has 2 aromatic rings. The molecule has 28 heavy (non-hydrogen) atoms. The largest absolute Gasteiger partial charge is 0.494 e. The van der Waals surface area contributed by atoms with E-state index in [4.69, 9.17) is 9.47 Å². The highest BCUT2D eigenvalue weighted by atomic mass is 16.5. The van der Waals surface area contributed by atoms with Crippen LogP contribution in [0.15, 0.2) is 54.6 Å². The summed E-state index contributed by atoms with van der Waals surface area (Å²) >= 11 is 0. The van der Waals surface area contributed by atoms with Crippen molar-refractivity contribution in [3.05, 3.63) is 54.6 Å². The number of hydrogen-bond donors (Lipinski definition) is 1. The number of nitrogens with one attached hydrogen (secondary N) is 1. The van der Waals surface area contributed by atoms with Gasteiger partial charge in [0.15, 0.2) is 0 Å². The molecule has 2 aromatic carbocycles. The third kappa shape index (κ3) is 6.25. The van der Waals surface area contributed by atoms with Crippen LogP contribution in [0.2, 0.25) is 0 Å². The number of carbonyl (C=O) groups is 1. The lowest BCUT2D eigenvalue weighted by atomic mass is 10.2. The Morgan fingerprint density at radius 3 is 2.61 bits per heavy atom. The zero-order valence-corrected chi connectivity index (χ0v) is 16.5. The number of para-hydroxylation sites is 3. The number of carbonyl (C=O) groups excluding carboxylic acids is 1. The van der Waals surface area contributed by atoms with Crippen molar-refractivity contribution in [1.29, 1.82) is 0 Å². The van der Waals surface area contributed by atoms with Crippen molar-refractivity contribution in [2.75, 3.05) is 63.3 Å². The summed E-state index contributed by atoms with van der Waals surface area (Å²) in [4.78, 5) is 16.8. The maximum Gasteiger partial charge on any atom is 0.238 e. The first-order valence-electron chi connectivity index (χ1n) is 9.80. The number of benzene rings is 2. The highest BCUT2D eigenvalue weighted by Gasteiger charge is 2.16. The zero-order valence-electron chi connectivity index (χ0n) is 16.5. The predicted molar refractivity (Wildman–Crippen MR) is 112 cm³/mol. The summed E-state index contributed by atoms with van der Waals surface area (Å²) in [5.74, 6) is 0.870. The number of rotatable bonds is 9. The van der Waals surface area contributed by atoms with Crippen molar-refractivity contribution in [3.63, 3.8) is 0 Å². The molecular formula is C22H29N3O3. The van der Waals surface area contributed by atoms with Gasteiger partial charge in [-0.2, -0.15) is 0 Å². The van der Waals surface area contributed by atoms with Gasteiger partial charge < -0.3 is 19.7 Å². The molecule has 6 nitrogen and oxygen atoms in total. The van der Waals surface area contributed by atoms with E-state index >= 15 is 0 Å². The van der Waals surface area contributed by atoms with Gasteiger partial charge in [-0.05, 0) is 37.7 Å². The number of hydrogen-bond acceptors (Lipinski definition) is 5. The highest BCUT2D eigenvalue weighted by molar-refractivity contribution is 5.95. The molecular weight excluding hydrogens is 354 g/mol. The van der Waals surface area contributed by atoms with Crippen LogP contribution in [0.4, 0.5) is 11.4 Å². The molecule has 6 heteroatoms. The highest BCUT2D eigenvalue weighted by Crippen LogP contribution is 2.26. The van der Waals surface area contributed by atoms with Gasteiger partial charge in [-0.1, -0.05) is 30.3 Å². The standard InChI is InChI=1S/C22H29N3O3/c1-24(12-7-15-28-19-8-3-2-4-9-19)18-22(26)23-20-10-5-6-11-21(20)25-13-16-27-17-14-25/h2-6,8-11H,7,12-18H2,1H3,(H,23,26). The average molecular weight is 383 g/mol. The van der Waals surface area contributed by atoms with Gasteiger partial charge in [-0.25, -0.2) is 0 Å². The topological polar surface area (TPSA) is 54.0 Å². The number of amides is 1. The molecule has 0 spiro atoms. The lowest BCUT2D eigenvalue weighted by Gasteiger charge is -2.30. The molecule has 0 atom stereocenters. The van der Waals surface area contributed by atoms with Crippen molar-refractivity contribution in [3.8, 4) is 5.75 Å². The molecule has 1 saturated heterocycles. The van der Waals surface area contributed by atoms with Crippen LogP contribution in [0.25, 0.3) is 0 Å². The van der Waals surface area contributed by atoms with Crippen LogP contribution >= 0.6 is 0 Å². The third-order valence-corrected chi connectivity index (χ3v) is 4.64. The fraction of sp³-hybridized carbons (Fsp3) is 0.409. The number of morpholine rings is 1. The van der Waals surface area contributed by atoms with Crippen molar-refractivity contribution < 1.29 is 14.3 Å². The van der Waals surface area contributed by atoms with E-state index in [0.717, 1.165) is 56.4 Å². The van der Waals surface area contributed by atoms with E-state index in [1.807, 2.05) is 66.5 Å². The first-order chi connectivity index (χ1) is 13.7. The summed E-state index contributed by atoms with van der Waals surface area (Å²) in [7, 11) is 1.95. The van der Waals surface area contributed by atoms with E-state index in [2.05, 4.69) is 10.2 Å². The third-order valence-electron chi connectivity index (χ3n) is 4.64. The maximum atomic E-state index is 12.5. The fourth-order valence-electron chi connectivity index (χ4n) is 3.21.